The molecule has 7 heteroatoms. The fourth-order valence-electron chi connectivity index (χ4n) is 3.27. The van der Waals surface area contributed by atoms with Crippen molar-refractivity contribution in [1.29, 1.82) is 0 Å². The number of aryl methyl sites for hydroxylation is 2. The second-order valence-electron chi connectivity index (χ2n) is 7.08. The Kier molecular flexibility index (Phi) is 4.72. The van der Waals surface area contributed by atoms with Crippen LogP contribution in [0.1, 0.15) is 43.8 Å². The number of carbonyl (C=O) groups is 2. The first-order valence-electron chi connectivity index (χ1n) is 9.28. The molecular weight excluding hydrogens is 366 g/mol. The molecule has 0 unspecified atom stereocenters. The van der Waals surface area contributed by atoms with Gasteiger partial charge in [-0.2, -0.15) is 0 Å². The molecule has 3 heterocycles. The molecule has 3 aromatic rings. The number of amides is 2. The quantitative estimate of drug-likeness (QED) is 0.721. The zero-order chi connectivity index (χ0) is 20.5. The smallest absolute Gasteiger partial charge is 0.257 e. The fraction of sp³-hybridized carbons (Fsp3) is 0.182. The molecule has 1 aliphatic rings. The molecule has 1 aliphatic heterocycles. The van der Waals surface area contributed by atoms with Gasteiger partial charge in [-0.05, 0) is 55.8 Å². The van der Waals surface area contributed by atoms with Gasteiger partial charge in [-0.25, -0.2) is 4.98 Å². The summed E-state index contributed by atoms with van der Waals surface area (Å²) in [6.07, 6.45) is 1.22. The Morgan fingerprint density at radius 3 is 2.45 bits per heavy atom. The average Bonchev–Trinajstić information content (AvgIpc) is 2.71. The number of pyridine rings is 2. The van der Waals surface area contributed by atoms with E-state index >= 15 is 0 Å². The maximum Gasteiger partial charge on any atom is 0.257 e. The molecule has 0 aliphatic carbocycles. The maximum atomic E-state index is 12.5. The van der Waals surface area contributed by atoms with E-state index in [0.717, 1.165) is 17.0 Å². The van der Waals surface area contributed by atoms with Crippen LogP contribution in [-0.2, 0) is 0 Å². The van der Waals surface area contributed by atoms with Crippen molar-refractivity contribution in [1.82, 2.24) is 15.3 Å². The van der Waals surface area contributed by atoms with Gasteiger partial charge in [0.2, 0.25) is 0 Å². The SMILES string of the molecule is Cc1ccc(C(=O)Nc2ccc([C@@H]3NC(=O)c4ccc(C)nc4N3C)cc2)cn1. The molecule has 0 radical (unpaired) electrons. The standard InChI is InChI=1S/C22H21N5O2/c1-13-4-6-16(12-23-13)21(28)25-17-9-7-15(8-10-17)19-26-22(29)18-11-5-14(2)24-20(18)27(19)3/h4-12,19H,1-3H3,(H,25,28)(H,26,29)/t19-/m1/s1. The van der Waals surface area contributed by atoms with Crippen LogP contribution in [0.2, 0.25) is 0 Å². The van der Waals surface area contributed by atoms with Crippen LogP contribution in [0.5, 0.6) is 0 Å². The van der Waals surface area contributed by atoms with Gasteiger partial charge in [-0.3, -0.25) is 14.6 Å². The number of benzene rings is 1. The van der Waals surface area contributed by atoms with E-state index < -0.39 is 0 Å². The number of nitrogens with zero attached hydrogens (tertiary/aromatic N) is 3. The van der Waals surface area contributed by atoms with Crippen molar-refractivity contribution < 1.29 is 9.59 Å². The molecule has 0 saturated carbocycles. The van der Waals surface area contributed by atoms with E-state index in [9.17, 15) is 9.59 Å². The molecule has 2 aromatic heterocycles. The topological polar surface area (TPSA) is 87.2 Å². The molecule has 0 bridgehead atoms. The lowest BCUT2D eigenvalue weighted by atomic mass is 10.1. The Hall–Kier alpha value is -3.74. The van der Waals surface area contributed by atoms with Crippen molar-refractivity contribution in [3.8, 4) is 0 Å². The Labute approximate surface area is 168 Å². The van der Waals surface area contributed by atoms with Gasteiger partial charge in [0.05, 0.1) is 11.1 Å². The largest absolute Gasteiger partial charge is 0.335 e. The molecular formula is C22H21N5O2. The summed E-state index contributed by atoms with van der Waals surface area (Å²) in [5.74, 6) is 0.282. The van der Waals surface area contributed by atoms with Gasteiger partial charge in [0, 0.05) is 30.3 Å². The molecule has 29 heavy (non-hydrogen) atoms. The first kappa shape index (κ1) is 18.6. The van der Waals surface area contributed by atoms with E-state index in [0.29, 0.717) is 22.6 Å². The second kappa shape index (κ2) is 7.35. The van der Waals surface area contributed by atoms with Crippen LogP contribution >= 0.6 is 0 Å². The van der Waals surface area contributed by atoms with Crippen LogP contribution in [-0.4, -0.2) is 28.8 Å². The van der Waals surface area contributed by atoms with E-state index in [1.165, 1.54) is 0 Å². The molecule has 0 fully saturated rings. The maximum absolute atomic E-state index is 12.5. The molecule has 2 N–H and O–H groups in total. The molecule has 0 saturated heterocycles. The highest BCUT2D eigenvalue weighted by molar-refractivity contribution is 6.04. The van der Waals surface area contributed by atoms with E-state index in [2.05, 4.69) is 20.6 Å². The van der Waals surface area contributed by atoms with Gasteiger partial charge >= 0.3 is 0 Å². The highest BCUT2D eigenvalue weighted by atomic mass is 16.2. The third-order valence-corrected chi connectivity index (χ3v) is 4.91. The van der Waals surface area contributed by atoms with Gasteiger partial charge in [0.15, 0.2) is 0 Å². The third-order valence-electron chi connectivity index (χ3n) is 4.91. The van der Waals surface area contributed by atoms with Crippen LogP contribution in [0.4, 0.5) is 11.5 Å². The van der Waals surface area contributed by atoms with Gasteiger partial charge in [0.25, 0.3) is 11.8 Å². The molecule has 4 rings (SSSR count). The minimum absolute atomic E-state index is 0.153. The van der Waals surface area contributed by atoms with Crippen molar-refractivity contribution in [3.05, 3.63) is 82.8 Å². The monoisotopic (exact) mass is 387 g/mol. The number of rotatable bonds is 3. The zero-order valence-corrected chi connectivity index (χ0v) is 16.4. The number of anilines is 2. The fourth-order valence-corrected chi connectivity index (χ4v) is 3.27. The molecule has 0 spiro atoms. The van der Waals surface area contributed by atoms with E-state index in [4.69, 9.17) is 0 Å². The summed E-state index contributed by atoms with van der Waals surface area (Å²) >= 11 is 0. The predicted molar refractivity (Wildman–Crippen MR) is 111 cm³/mol. The second-order valence-corrected chi connectivity index (χ2v) is 7.08. The van der Waals surface area contributed by atoms with Gasteiger partial charge in [-0.1, -0.05) is 12.1 Å². The van der Waals surface area contributed by atoms with Crippen LogP contribution in [0, 0.1) is 13.8 Å². The lowest BCUT2D eigenvalue weighted by Gasteiger charge is -2.35. The van der Waals surface area contributed by atoms with Crippen molar-refractivity contribution in [2.24, 2.45) is 0 Å². The number of hydrogen-bond donors (Lipinski definition) is 2. The summed E-state index contributed by atoms with van der Waals surface area (Å²) in [4.78, 5) is 35.4. The van der Waals surface area contributed by atoms with Crippen LogP contribution in [0.25, 0.3) is 0 Å². The Morgan fingerprint density at radius 2 is 1.76 bits per heavy atom. The predicted octanol–water partition coefficient (Wildman–Crippen LogP) is 3.22. The highest BCUT2D eigenvalue weighted by Gasteiger charge is 2.30. The average molecular weight is 387 g/mol. The summed E-state index contributed by atoms with van der Waals surface area (Å²) in [6, 6.07) is 14.5. The number of aromatic nitrogens is 2. The van der Waals surface area contributed by atoms with Crippen molar-refractivity contribution >= 4 is 23.3 Å². The van der Waals surface area contributed by atoms with Gasteiger partial charge in [0.1, 0.15) is 12.0 Å². The number of hydrogen-bond acceptors (Lipinski definition) is 5. The molecule has 146 valence electrons. The lowest BCUT2D eigenvalue weighted by Crippen LogP contribution is -2.45. The van der Waals surface area contributed by atoms with Crippen LogP contribution in [0.3, 0.4) is 0 Å². The molecule has 2 amide bonds. The molecule has 1 aromatic carbocycles. The van der Waals surface area contributed by atoms with Gasteiger partial charge < -0.3 is 15.5 Å². The first-order chi connectivity index (χ1) is 13.9. The van der Waals surface area contributed by atoms with Crippen LogP contribution in [0.15, 0.2) is 54.7 Å². The summed E-state index contributed by atoms with van der Waals surface area (Å²) in [7, 11) is 1.90. The van der Waals surface area contributed by atoms with E-state index in [-0.39, 0.29) is 18.0 Å². The summed E-state index contributed by atoms with van der Waals surface area (Å²) in [6.45, 7) is 3.77. The van der Waals surface area contributed by atoms with Crippen molar-refractivity contribution in [3.63, 3.8) is 0 Å². The number of carbonyl (C=O) groups excluding carboxylic acids is 2. The lowest BCUT2D eigenvalue weighted by molar-refractivity contribution is 0.0926. The third kappa shape index (κ3) is 3.67. The highest BCUT2D eigenvalue weighted by Crippen LogP contribution is 2.30. The van der Waals surface area contributed by atoms with Crippen molar-refractivity contribution in [2.45, 2.75) is 20.0 Å². The summed E-state index contributed by atoms with van der Waals surface area (Å²) < 4.78 is 0. The minimum Gasteiger partial charge on any atom is -0.335 e. The summed E-state index contributed by atoms with van der Waals surface area (Å²) in [5, 5.41) is 5.86. The molecule has 1 atom stereocenters. The van der Waals surface area contributed by atoms with Gasteiger partial charge in [-0.15, -0.1) is 0 Å². The zero-order valence-electron chi connectivity index (χ0n) is 16.4. The van der Waals surface area contributed by atoms with Crippen LogP contribution < -0.4 is 15.5 Å². The Bertz CT molecular complexity index is 1080. The number of nitrogens with one attached hydrogen (secondary N) is 2. The summed E-state index contributed by atoms with van der Waals surface area (Å²) in [5.41, 5.74) is 4.33. The van der Waals surface area contributed by atoms with Crippen molar-refractivity contribution in [2.75, 3.05) is 17.3 Å². The van der Waals surface area contributed by atoms with E-state index in [1.807, 2.05) is 56.1 Å². The first-order valence-corrected chi connectivity index (χ1v) is 9.28. The molecule has 7 nitrogen and oxygen atoms in total. The van der Waals surface area contributed by atoms with E-state index in [1.54, 1.807) is 24.4 Å². The normalized spacial score (nSPS) is 15.5. The Morgan fingerprint density at radius 1 is 1.03 bits per heavy atom. The Balaban J connectivity index is 1.53. The minimum atomic E-state index is -0.338. The number of fused-ring (bicyclic) bond motifs is 1.